The molecule has 0 saturated carbocycles. The lowest BCUT2D eigenvalue weighted by Crippen LogP contribution is -2.19. The second kappa shape index (κ2) is 6.19. The standard InChI is InChI=1S/C21H14Cl2N4/c1-27(21-25-19(22)24-20(23)26-21)11-15-8-7-14-6-5-12-3-2-4-13-9-10-16(15)18(14)17(12)13/h2-10H,11H2,1H3. The summed E-state index contributed by atoms with van der Waals surface area (Å²) in [6.45, 7) is 0.630. The molecule has 5 rings (SSSR count). The summed E-state index contributed by atoms with van der Waals surface area (Å²) in [7, 11) is 1.92. The van der Waals surface area contributed by atoms with Gasteiger partial charge in [0.1, 0.15) is 0 Å². The molecule has 4 aromatic carbocycles. The summed E-state index contributed by atoms with van der Waals surface area (Å²) in [5, 5.41) is 7.77. The number of rotatable bonds is 3. The second-order valence-electron chi connectivity index (χ2n) is 6.61. The SMILES string of the molecule is CN(Cc1ccc2ccc3cccc4ccc1c2c34)c1nc(Cl)nc(Cl)n1. The van der Waals surface area contributed by atoms with Crippen LogP contribution in [-0.4, -0.2) is 22.0 Å². The van der Waals surface area contributed by atoms with E-state index in [1.165, 1.54) is 37.9 Å². The largest absolute Gasteiger partial charge is 0.339 e. The van der Waals surface area contributed by atoms with E-state index in [4.69, 9.17) is 23.2 Å². The lowest BCUT2D eigenvalue weighted by atomic mass is 9.92. The zero-order chi connectivity index (χ0) is 18.5. The summed E-state index contributed by atoms with van der Waals surface area (Å²) in [4.78, 5) is 14.1. The first kappa shape index (κ1) is 16.5. The Morgan fingerprint density at radius 3 is 2.04 bits per heavy atom. The first-order chi connectivity index (χ1) is 13.1. The Labute approximate surface area is 165 Å². The van der Waals surface area contributed by atoms with Gasteiger partial charge in [-0.3, -0.25) is 0 Å². The zero-order valence-electron chi connectivity index (χ0n) is 14.4. The minimum Gasteiger partial charge on any atom is -0.339 e. The number of hydrogen-bond donors (Lipinski definition) is 0. The number of halogens is 2. The van der Waals surface area contributed by atoms with Crippen LogP contribution in [0.1, 0.15) is 5.56 Å². The van der Waals surface area contributed by atoms with Crippen molar-refractivity contribution in [3.8, 4) is 0 Å². The van der Waals surface area contributed by atoms with Gasteiger partial charge in [0.2, 0.25) is 16.5 Å². The van der Waals surface area contributed by atoms with E-state index < -0.39 is 0 Å². The number of anilines is 1. The van der Waals surface area contributed by atoms with Crippen molar-refractivity contribution in [3.05, 3.63) is 70.7 Å². The fourth-order valence-corrected chi connectivity index (χ4v) is 4.10. The predicted octanol–water partition coefficient (Wildman–Crippen LogP) is 5.71. The fourth-order valence-electron chi connectivity index (χ4n) is 3.75. The number of benzene rings is 4. The molecule has 5 aromatic rings. The third-order valence-electron chi connectivity index (χ3n) is 4.94. The molecule has 132 valence electrons. The molecule has 0 spiro atoms. The van der Waals surface area contributed by atoms with Gasteiger partial charge in [0.05, 0.1) is 0 Å². The van der Waals surface area contributed by atoms with Crippen molar-refractivity contribution >= 4 is 61.5 Å². The van der Waals surface area contributed by atoms with Crippen molar-refractivity contribution in [2.45, 2.75) is 6.54 Å². The van der Waals surface area contributed by atoms with E-state index in [9.17, 15) is 0 Å². The summed E-state index contributed by atoms with van der Waals surface area (Å²) >= 11 is 11.8. The summed E-state index contributed by atoms with van der Waals surface area (Å²) in [6, 6.07) is 19.5. The Hall–Kier alpha value is -2.69. The van der Waals surface area contributed by atoms with Crippen LogP contribution in [0.5, 0.6) is 0 Å². The van der Waals surface area contributed by atoms with E-state index in [1.54, 1.807) is 0 Å². The van der Waals surface area contributed by atoms with Crippen molar-refractivity contribution in [1.29, 1.82) is 0 Å². The summed E-state index contributed by atoms with van der Waals surface area (Å²) < 4.78 is 0. The molecule has 0 bridgehead atoms. The molecule has 0 N–H and O–H groups in total. The molecule has 0 amide bonds. The van der Waals surface area contributed by atoms with Gasteiger partial charge in [-0.05, 0) is 61.1 Å². The average Bonchev–Trinajstić information content (AvgIpc) is 2.66. The molecular formula is C21H14Cl2N4. The molecule has 0 fully saturated rings. The maximum atomic E-state index is 5.92. The predicted molar refractivity (Wildman–Crippen MR) is 112 cm³/mol. The molecule has 1 heterocycles. The molecule has 0 atom stereocenters. The Balaban J connectivity index is 1.67. The van der Waals surface area contributed by atoms with Crippen molar-refractivity contribution in [1.82, 2.24) is 15.0 Å². The molecule has 0 unspecified atom stereocenters. The zero-order valence-corrected chi connectivity index (χ0v) is 16.0. The highest BCUT2D eigenvalue weighted by Crippen LogP contribution is 2.36. The molecule has 0 radical (unpaired) electrons. The van der Waals surface area contributed by atoms with E-state index in [2.05, 4.69) is 69.5 Å². The van der Waals surface area contributed by atoms with Gasteiger partial charge in [0.25, 0.3) is 0 Å². The first-order valence-electron chi connectivity index (χ1n) is 8.54. The second-order valence-corrected chi connectivity index (χ2v) is 7.29. The highest BCUT2D eigenvalue weighted by molar-refractivity contribution is 6.31. The summed E-state index contributed by atoms with van der Waals surface area (Å²) in [5.74, 6) is 0.450. The van der Waals surface area contributed by atoms with Crippen LogP contribution in [0.3, 0.4) is 0 Å². The van der Waals surface area contributed by atoms with Gasteiger partial charge in [0, 0.05) is 13.6 Å². The van der Waals surface area contributed by atoms with Crippen LogP contribution in [0, 0.1) is 0 Å². The minimum absolute atomic E-state index is 0.0900. The Morgan fingerprint density at radius 2 is 1.33 bits per heavy atom. The van der Waals surface area contributed by atoms with Crippen molar-refractivity contribution in [3.63, 3.8) is 0 Å². The lowest BCUT2D eigenvalue weighted by molar-refractivity contribution is 0.857. The van der Waals surface area contributed by atoms with Crippen LogP contribution in [-0.2, 0) is 6.54 Å². The van der Waals surface area contributed by atoms with E-state index in [1.807, 2.05) is 11.9 Å². The quantitative estimate of drug-likeness (QED) is 0.368. The topological polar surface area (TPSA) is 41.9 Å². The maximum absolute atomic E-state index is 5.92. The Kier molecular flexibility index (Phi) is 3.78. The summed E-state index contributed by atoms with van der Waals surface area (Å²) in [5.41, 5.74) is 1.19. The molecule has 4 nitrogen and oxygen atoms in total. The highest BCUT2D eigenvalue weighted by atomic mass is 35.5. The van der Waals surface area contributed by atoms with Crippen molar-refractivity contribution < 1.29 is 0 Å². The van der Waals surface area contributed by atoms with Gasteiger partial charge in [0.15, 0.2) is 0 Å². The third-order valence-corrected chi connectivity index (χ3v) is 5.27. The Morgan fingerprint density at radius 1 is 0.741 bits per heavy atom. The highest BCUT2D eigenvalue weighted by Gasteiger charge is 2.14. The van der Waals surface area contributed by atoms with Crippen LogP contribution in [0.4, 0.5) is 5.95 Å². The van der Waals surface area contributed by atoms with Crippen LogP contribution in [0.2, 0.25) is 10.6 Å². The summed E-state index contributed by atoms with van der Waals surface area (Å²) in [6.07, 6.45) is 0. The molecule has 27 heavy (non-hydrogen) atoms. The van der Waals surface area contributed by atoms with Crippen molar-refractivity contribution in [2.75, 3.05) is 11.9 Å². The van der Waals surface area contributed by atoms with Gasteiger partial charge in [-0.25, -0.2) is 0 Å². The molecule has 0 aliphatic carbocycles. The molecule has 0 aliphatic heterocycles. The first-order valence-corrected chi connectivity index (χ1v) is 9.29. The van der Waals surface area contributed by atoms with Crippen LogP contribution < -0.4 is 4.90 Å². The molecular weight excluding hydrogens is 379 g/mol. The fraction of sp³-hybridized carbons (Fsp3) is 0.0952. The molecule has 1 aromatic heterocycles. The van der Waals surface area contributed by atoms with Crippen LogP contribution >= 0.6 is 23.2 Å². The van der Waals surface area contributed by atoms with Gasteiger partial charge in [-0.15, -0.1) is 0 Å². The monoisotopic (exact) mass is 392 g/mol. The number of hydrogen-bond acceptors (Lipinski definition) is 4. The van der Waals surface area contributed by atoms with Crippen molar-refractivity contribution in [2.24, 2.45) is 0 Å². The molecule has 0 aliphatic rings. The molecule has 0 saturated heterocycles. The smallest absolute Gasteiger partial charge is 0.231 e. The van der Waals surface area contributed by atoms with Gasteiger partial charge < -0.3 is 4.90 Å². The number of aromatic nitrogens is 3. The lowest BCUT2D eigenvalue weighted by Gasteiger charge is -2.19. The normalized spacial score (nSPS) is 11.7. The van der Waals surface area contributed by atoms with Crippen LogP contribution in [0.15, 0.2) is 54.6 Å². The van der Waals surface area contributed by atoms with E-state index >= 15 is 0 Å². The van der Waals surface area contributed by atoms with Gasteiger partial charge in [-0.2, -0.15) is 15.0 Å². The molecule has 6 heteroatoms. The van der Waals surface area contributed by atoms with Gasteiger partial charge in [-0.1, -0.05) is 54.6 Å². The van der Waals surface area contributed by atoms with E-state index in [-0.39, 0.29) is 10.6 Å². The van der Waals surface area contributed by atoms with E-state index in [0.29, 0.717) is 12.5 Å². The minimum atomic E-state index is 0.0900. The number of nitrogens with zero attached hydrogens (tertiary/aromatic N) is 4. The Bertz CT molecular complexity index is 1270. The third kappa shape index (κ3) is 2.73. The van der Waals surface area contributed by atoms with E-state index in [0.717, 1.165) is 0 Å². The average molecular weight is 393 g/mol. The van der Waals surface area contributed by atoms with Crippen LogP contribution in [0.25, 0.3) is 32.3 Å². The maximum Gasteiger partial charge on any atom is 0.231 e. The van der Waals surface area contributed by atoms with Gasteiger partial charge >= 0.3 is 0 Å².